The molecular weight excluding hydrogens is 262 g/mol. The van der Waals surface area contributed by atoms with Crippen molar-refractivity contribution in [1.29, 1.82) is 0 Å². The average Bonchev–Trinajstić information content (AvgIpc) is 3.01. The van der Waals surface area contributed by atoms with E-state index in [0.717, 1.165) is 37.1 Å². The Hall–Kier alpha value is -1.49. The lowest BCUT2D eigenvalue weighted by Crippen LogP contribution is -2.45. The van der Waals surface area contributed by atoms with E-state index in [9.17, 15) is 0 Å². The number of para-hydroxylation sites is 1. The number of fused-ring (bicyclic) bond motifs is 1. The summed E-state index contributed by atoms with van der Waals surface area (Å²) in [7, 11) is 0. The zero-order valence-corrected chi connectivity index (χ0v) is 12.5. The first kappa shape index (κ1) is 14.4. The zero-order valence-electron chi connectivity index (χ0n) is 12.5. The van der Waals surface area contributed by atoms with Gasteiger partial charge in [0.15, 0.2) is 0 Å². The fourth-order valence-corrected chi connectivity index (χ4v) is 3.33. The van der Waals surface area contributed by atoms with Gasteiger partial charge in [-0.05, 0) is 25.0 Å². The Morgan fingerprint density at radius 2 is 2.19 bits per heavy atom. The average molecular weight is 285 g/mol. The summed E-state index contributed by atoms with van der Waals surface area (Å²) in [4.78, 5) is 4.75. The molecule has 1 saturated heterocycles. The molecule has 2 heterocycles. The van der Waals surface area contributed by atoms with Crippen LogP contribution in [-0.2, 0) is 11.2 Å². The molecule has 3 atom stereocenters. The van der Waals surface area contributed by atoms with Gasteiger partial charge in [0, 0.05) is 36.1 Å². The van der Waals surface area contributed by atoms with Crippen molar-refractivity contribution in [2.45, 2.75) is 38.3 Å². The fourth-order valence-electron chi connectivity index (χ4n) is 3.33. The lowest BCUT2D eigenvalue weighted by Gasteiger charge is -2.26. The molecule has 3 rings (SSSR count). The Bertz CT molecular complexity index is 601. The van der Waals surface area contributed by atoms with Crippen molar-refractivity contribution in [1.82, 2.24) is 10.4 Å². The highest BCUT2D eigenvalue weighted by Gasteiger charge is 2.33. The van der Waals surface area contributed by atoms with Crippen LogP contribution in [0.15, 0.2) is 36.4 Å². The normalized spacial score (nSPS) is 23.5. The van der Waals surface area contributed by atoms with Gasteiger partial charge in [-0.3, -0.25) is 16.3 Å². The number of ether oxygens (including phenoxy) is 1. The van der Waals surface area contributed by atoms with Crippen LogP contribution in [0.3, 0.4) is 0 Å². The van der Waals surface area contributed by atoms with Crippen molar-refractivity contribution in [2.24, 2.45) is 11.8 Å². The third kappa shape index (κ3) is 3.07. The van der Waals surface area contributed by atoms with Crippen molar-refractivity contribution in [3.05, 3.63) is 42.1 Å². The number of pyridine rings is 1. The summed E-state index contributed by atoms with van der Waals surface area (Å²) in [6.07, 6.45) is 3.26. The standard InChI is InChI=1S/C17H23N3O/c1-2-17-14(9-10-21-17)16(20-18)11-13-8-7-12-5-3-4-6-15(12)19-13/h3-8,14,16-17,20H,2,9-11,18H2,1H3. The number of rotatable bonds is 5. The predicted molar refractivity (Wildman–Crippen MR) is 84.7 cm³/mol. The summed E-state index contributed by atoms with van der Waals surface area (Å²) in [6, 6.07) is 12.6. The Labute approximate surface area is 125 Å². The molecule has 0 amide bonds. The molecule has 1 aliphatic heterocycles. The largest absolute Gasteiger partial charge is 0.378 e. The molecule has 4 heteroatoms. The summed E-state index contributed by atoms with van der Waals surface area (Å²) < 4.78 is 5.79. The van der Waals surface area contributed by atoms with Crippen LogP contribution in [0.5, 0.6) is 0 Å². The first-order valence-corrected chi connectivity index (χ1v) is 7.74. The number of benzene rings is 1. The summed E-state index contributed by atoms with van der Waals surface area (Å²) in [5, 5.41) is 1.18. The van der Waals surface area contributed by atoms with Gasteiger partial charge < -0.3 is 4.74 Å². The van der Waals surface area contributed by atoms with Crippen LogP contribution in [-0.4, -0.2) is 23.7 Å². The molecule has 3 N–H and O–H groups in total. The van der Waals surface area contributed by atoms with E-state index in [2.05, 4.69) is 36.6 Å². The van der Waals surface area contributed by atoms with Gasteiger partial charge in [0.05, 0.1) is 11.6 Å². The van der Waals surface area contributed by atoms with E-state index in [1.807, 2.05) is 12.1 Å². The SMILES string of the molecule is CCC1OCCC1C(Cc1ccc2ccccc2n1)NN. The summed E-state index contributed by atoms with van der Waals surface area (Å²) >= 11 is 0. The molecule has 3 unspecified atom stereocenters. The Morgan fingerprint density at radius 3 is 3.00 bits per heavy atom. The van der Waals surface area contributed by atoms with E-state index in [4.69, 9.17) is 15.6 Å². The molecule has 0 bridgehead atoms. The first-order chi connectivity index (χ1) is 10.3. The minimum Gasteiger partial charge on any atom is -0.378 e. The number of nitrogens with zero attached hydrogens (tertiary/aromatic N) is 1. The van der Waals surface area contributed by atoms with Crippen molar-refractivity contribution in [2.75, 3.05) is 6.61 Å². The lowest BCUT2D eigenvalue weighted by molar-refractivity contribution is 0.0774. The molecule has 4 nitrogen and oxygen atoms in total. The molecule has 0 aliphatic carbocycles. The van der Waals surface area contributed by atoms with E-state index in [1.54, 1.807) is 0 Å². The molecule has 1 fully saturated rings. The quantitative estimate of drug-likeness (QED) is 0.654. The zero-order chi connectivity index (χ0) is 14.7. The smallest absolute Gasteiger partial charge is 0.0705 e. The molecule has 0 saturated carbocycles. The van der Waals surface area contributed by atoms with Gasteiger partial charge in [0.25, 0.3) is 0 Å². The van der Waals surface area contributed by atoms with Gasteiger partial charge in [-0.1, -0.05) is 31.2 Å². The topological polar surface area (TPSA) is 60.2 Å². The highest BCUT2D eigenvalue weighted by Crippen LogP contribution is 2.28. The maximum atomic E-state index is 5.80. The molecule has 0 spiro atoms. The van der Waals surface area contributed by atoms with Crippen LogP contribution >= 0.6 is 0 Å². The highest BCUT2D eigenvalue weighted by atomic mass is 16.5. The Morgan fingerprint density at radius 1 is 1.33 bits per heavy atom. The molecule has 1 aromatic heterocycles. The third-order valence-electron chi connectivity index (χ3n) is 4.48. The molecule has 112 valence electrons. The van der Waals surface area contributed by atoms with Crippen LogP contribution in [0.1, 0.15) is 25.5 Å². The van der Waals surface area contributed by atoms with Crippen molar-refractivity contribution in [3.8, 4) is 0 Å². The molecule has 2 aromatic rings. The van der Waals surface area contributed by atoms with Crippen LogP contribution in [0.2, 0.25) is 0 Å². The van der Waals surface area contributed by atoms with Crippen molar-refractivity contribution in [3.63, 3.8) is 0 Å². The lowest BCUT2D eigenvalue weighted by atomic mass is 9.88. The van der Waals surface area contributed by atoms with E-state index in [-0.39, 0.29) is 6.04 Å². The van der Waals surface area contributed by atoms with Crippen LogP contribution in [0.25, 0.3) is 10.9 Å². The molecule has 21 heavy (non-hydrogen) atoms. The number of aromatic nitrogens is 1. The predicted octanol–water partition coefficient (Wildman–Crippen LogP) is 2.42. The molecule has 1 aromatic carbocycles. The maximum Gasteiger partial charge on any atom is 0.0705 e. The van der Waals surface area contributed by atoms with E-state index in [0.29, 0.717) is 12.0 Å². The fraction of sp³-hybridized carbons (Fsp3) is 0.471. The minimum atomic E-state index is 0.214. The Kier molecular flexibility index (Phi) is 4.48. The second kappa shape index (κ2) is 6.52. The number of nitrogens with one attached hydrogen (secondary N) is 1. The summed E-state index contributed by atoms with van der Waals surface area (Å²) in [6.45, 7) is 3.01. The van der Waals surface area contributed by atoms with Crippen LogP contribution < -0.4 is 11.3 Å². The van der Waals surface area contributed by atoms with Gasteiger partial charge in [0.1, 0.15) is 0 Å². The molecule has 0 radical (unpaired) electrons. The number of hydrogen-bond acceptors (Lipinski definition) is 4. The number of nitrogens with two attached hydrogens (primary N) is 1. The highest BCUT2D eigenvalue weighted by molar-refractivity contribution is 5.78. The van der Waals surface area contributed by atoms with E-state index < -0.39 is 0 Å². The van der Waals surface area contributed by atoms with Gasteiger partial charge >= 0.3 is 0 Å². The van der Waals surface area contributed by atoms with Gasteiger partial charge in [0.2, 0.25) is 0 Å². The Balaban J connectivity index is 1.78. The van der Waals surface area contributed by atoms with E-state index in [1.165, 1.54) is 5.39 Å². The molecule has 1 aliphatic rings. The van der Waals surface area contributed by atoms with Gasteiger partial charge in [-0.25, -0.2) is 0 Å². The monoisotopic (exact) mass is 285 g/mol. The molecular formula is C17H23N3O. The second-order valence-electron chi connectivity index (χ2n) is 5.74. The van der Waals surface area contributed by atoms with Gasteiger partial charge in [-0.2, -0.15) is 0 Å². The van der Waals surface area contributed by atoms with Crippen LogP contribution in [0, 0.1) is 5.92 Å². The third-order valence-corrected chi connectivity index (χ3v) is 4.48. The number of hydrogen-bond donors (Lipinski definition) is 2. The van der Waals surface area contributed by atoms with Gasteiger partial charge in [-0.15, -0.1) is 0 Å². The summed E-state index contributed by atoms with van der Waals surface area (Å²) in [5.41, 5.74) is 5.11. The minimum absolute atomic E-state index is 0.214. The first-order valence-electron chi connectivity index (χ1n) is 7.74. The van der Waals surface area contributed by atoms with E-state index >= 15 is 0 Å². The number of hydrazine groups is 1. The maximum absolute atomic E-state index is 5.80. The van der Waals surface area contributed by atoms with Crippen molar-refractivity contribution < 1.29 is 4.74 Å². The van der Waals surface area contributed by atoms with Crippen molar-refractivity contribution >= 4 is 10.9 Å². The summed E-state index contributed by atoms with van der Waals surface area (Å²) in [5.74, 6) is 6.26. The second-order valence-corrected chi connectivity index (χ2v) is 5.74. The van der Waals surface area contributed by atoms with Crippen LogP contribution in [0.4, 0.5) is 0 Å².